The minimum atomic E-state index is -0.720. The Hall–Kier alpha value is -2.15. The Morgan fingerprint density at radius 2 is 2.12 bits per heavy atom. The highest BCUT2D eigenvalue weighted by molar-refractivity contribution is 6.31. The third-order valence-corrected chi connectivity index (χ3v) is 2.22. The Kier molecular flexibility index (Phi) is 2.92. The standard InChI is InChI=1S/C9H4ClFN4O2/c10-9-8(15(16)17)7(13-4-14-9)5-1-6(11)3-12-2-5/h1-4H. The van der Waals surface area contributed by atoms with Crippen molar-refractivity contribution in [3.63, 3.8) is 0 Å². The molecular weight excluding hydrogens is 251 g/mol. The average Bonchev–Trinajstić information content (AvgIpc) is 2.28. The molecule has 0 bridgehead atoms. The molecule has 6 nitrogen and oxygen atoms in total. The molecule has 86 valence electrons. The molecule has 0 aliphatic rings. The molecular formula is C9H4ClFN4O2. The second kappa shape index (κ2) is 4.38. The van der Waals surface area contributed by atoms with Crippen LogP contribution in [0.5, 0.6) is 0 Å². The molecule has 0 aliphatic heterocycles. The Morgan fingerprint density at radius 3 is 2.76 bits per heavy atom. The van der Waals surface area contributed by atoms with Crippen LogP contribution in [0.2, 0.25) is 5.15 Å². The first-order valence-electron chi connectivity index (χ1n) is 4.35. The zero-order valence-corrected chi connectivity index (χ0v) is 8.93. The van der Waals surface area contributed by atoms with Crippen LogP contribution in [0.15, 0.2) is 24.8 Å². The van der Waals surface area contributed by atoms with Gasteiger partial charge in [0.05, 0.1) is 11.1 Å². The van der Waals surface area contributed by atoms with Crippen LogP contribution in [-0.2, 0) is 0 Å². The molecule has 2 aromatic rings. The summed E-state index contributed by atoms with van der Waals surface area (Å²) in [6.07, 6.45) is 3.31. The fourth-order valence-electron chi connectivity index (χ4n) is 1.27. The Balaban J connectivity index is 2.67. The largest absolute Gasteiger partial charge is 0.332 e. The zero-order valence-electron chi connectivity index (χ0n) is 8.17. The van der Waals surface area contributed by atoms with E-state index in [0.717, 1.165) is 18.6 Å². The fourth-order valence-corrected chi connectivity index (χ4v) is 1.47. The summed E-state index contributed by atoms with van der Waals surface area (Å²) >= 11 is 5.61. The molecule has 0 unspecified atom stereocenters. The normalized spacial score (nSPS) is 10.2. The lowest BCUT2D eigenvalue weighted by molar-refractivity contribution is -0.384. The lowest BCUT2D eigenvalue weighted by atomic mass is 10.2. The molecule has 0 fully saturated rings. The molecule has 0 N–H and O–H groups in total. The second-order valence-corrected chi connectivity index (χ2v) is 3.37. The third-order valence-electron chi connectivity index (χ3n) is 1.94. The minimum absolute atomic E-state index is 0.0676. The summed E-state index contributed by atoms with van der Waals surface area (Å²) in [5.74, 6) is -0.619. The van der Waals surface area contributed by atoms with Gasteiger partial charge >= 0.3 is 5.69 Å². The minimum Gasteiger partial charge on any atom is -0.261 e. The molecule has 0 radical (unpaired) electrons. The van der Waals surface area contributed by atoms with Crippen LogP contribution in [0.4, 0.5) is 10.1 Å². The van der Waals surface area contributed by atoms with Crippen molar-refractivity contribution in [2.75, 3.05) is 0 Å². The second-order valence-electron chi connectivity index (χ2n) is 3.01. The number of hydrogen-bond acceptors (Lipinski definition) is 5. The summed E-state index contributed by atoms with van der Waals surface area (Å²) in [6, 6.07) is 1.08. The molecule has 0 amide bonds. The van der Waals surface area contributed by atoms with Gasteiger partial charge < -0.3 is 0 Å². The maximum atomic E-state index is 13.0. The van der Waals surface area contributed by atoms with E-state index in [1.807, 2.05) is 0 Å². The summed E-state index contributed by atoms with van der Waals surface area (Å²) in [5, 5.41) is 10.5. The van der Waals surface area contributed by atoms with Crippen LogP contribution in [0.1, 0.15) is 0 Å². The molecule has 0 saturated carbocycles. The number of aromatic nitrogens is 3. The van der Waals surface area contributed by atoms with E-state index in [2.05, 4.69) is 15.0 Å². The van der Waals surface area contributed by atoms with Crippen LogP contribution in [0, 0.1) is 15.9 Å². The molecule has 0 aromatic carbocycles. The van der Waals surface area contributed by atoms with Crippen molar-refractivity contribution in [1.82, 2.24) is 15.0 Å². The Labute approximate surface area is 99.3 Å². The molecule has 2 aromatic heterocycles. The van der Waals surface area contributed by atoms with Gasteiger partial charge in [0.2, 0.25) is 5.15 Å². The van der Waals surface area contributed by atoms with Gasteiger partial charge in [0.1, 0.15) is 12.1 Å². The average molecular weight is 255 g/mol. The highest BCUT2D eigenvalue weighted by atomic mass is 35.5. The van der Waals surface area contributed by atoms with E-state index in [4.69, 9.17) is 11.6 Å². The zero-order chi connectivity index (χ0) is 12.4. The van der Waals surface area contributed by atoms with Crippen molar-refractivity contribution < 1.29 is 9.31 Å². The van der Waals surface area contributed by atoms with Crippen LogP contribution in [0.25, 0.3) is 11.3 Å². The van der Waals surface area contributed by atoms with Gasteiger partial charge in [-0.3, -0.25) is 15.1 Å². The lowest BCUT2D eigenvalue weighted by Gasteiger charge is -2.02. The fraction of sp³-hybridized carbons (Fsp3) is 0. The highest BCUT2D eigenvalue weighted by Gasteiger charge is 2.22. The van der Waals surface area contributed by atoms with Crippen LogP contribution in [-0.4, -0.2) is 19.9 Å². The number of nitro groups is 1. The van der Waals surface area contributed by atoms with Crippen molar-refractivity contribution in [1.29, 1.82) is 0 Å². The number of hydrogen-bond donors (Lipinski definition) is 0. The number of rotatable bonds is 2. The highest BCUT2D eigenvalue weighted by Crippen LogP contribution is 2.31. The van der Waals surface area contributed by atoms with Crippen LogP contribution in [0.3, 0.4) is 0 Å². The van der Waals surface area contributed by atoms with Crippen molar-refractivity contribution in [2.24, 2.45) is 0 Å². The topological polar surface area (TPSA) is 81.8 Å². The van der Waals surface area contributed by atoms with Crippen LogP contribution >= 0.6 is 11.6 Å². The van der Waals surface area contributed by atoms with E-state index in [9.17, 15) is 14.5 Å². The van der Waals surface area contributed by atoms with Gasteiger partial charge in [-0.05, 0) is 6.07 Å². The molecule has 2 rings (SSSR count). The maximum Gasteiger partial charge on any atom is 0.332 e. The van der Waals surface area contributed by atoms with Gasteiger partial charge in [-0.25, -0.2) is 14.4 Å². The quantitative estimate of drug-likeness (QED) is 0.466. The first-order valence-corrected chi connectivity index (χ1v) is 4.73. The molecule has 0 saturated heterocycles. The van der Waals surface area contributed by atoms with E-state index in [1.54, 1.807) is 0 Å². The van der Waals surface area contributed by atoms with Crippen molar-refractivity contribution in [3.05, 3.63) is 45.9 Å². The van der Waals surface area contributed by atoms with Gasteiger partial charge in [-0.15, -0.1) is 0 Å². The predicted molar refractivity (Wildman–Crippen MR) is 56.9 cm³/mol. The van der Waals surface area contributed by atoms with Crippen molar-refractivity contribution >= 4 is 17.3 Å². The molecule has 0 atom stereocenters. The molecule has 0 spiro atoms. The molecule has 17 heavy (non-hydrogen) atoms. The first-order chi connectivity index (χ1) is 8.09. The number of nitrogens with zero attached hydrogens (tertiary/aromatic N) is 4. The van der Waals surface area contributed by atoms with Gasteiger partial charge in [0, 0.05) is 11.8 Å². The van der Waals surface area contributed by atoms with Gasteiger partial charge in [-0.1, -0.05) is 11.6 Å². The summed E-state index contributed by atoms with van der Waals surface area (Å²) in [4.78, 5) is 20.9. The summed E-state index contributed by atoms with van der Waals surface area (Å²) in [6.45, 7) is 0. The Bertz CT molecular complexity index is 593. The van der Waals surface area contributed by atoms with Crippen molar-refractivity contribution in [3.8, 4) is 11.3 Å². The number of pyridine rings is 1. The lowest BCUT2D eigenvalue weighted by Crippen LogP contribution is -1.98. The first kappa shape index (κ1) is 11.3. The SMILES string of the molecule is O=[N+]([O-])c1c(Cl)ncnc1-c1cncc(F)c1. The predicted octanol–water partition coefficient (Wildman–Crippen LogP) is 2.24. The Morgan fingerprint density at radius 1 is 1.35 bits per heavy atom. The molecule has 0 aliphatic carbocycles. The van der Waals surface area contributed by atoms with Gasteiger partial charge in [0.25, 0.3) is 0 Å². The monoisotopic (exact) mass is 254 g/mol. The summed E-state index contributed by atoms with van der Waals surface area (Å²) in [5.41, 5.74) is -0.371. The summed E-state index contributed by atoms with van der Waals surface area (Å²) in [7, 11) is 0. The number of halogens is 2. The van der Waals surface area contributed by atoms with E-state index in [-0.39, 0.29) is 16.4 Å². The van der Waals surface area contributed by atoms with Crippen molar-refractivity contribution in [2.45, 2.75) is 0 Å². The van der Waals surface area contributed by atoms with Gasteiger partial charge in [-0.2, -0.15) is 0 Å². The van der Waals surface area contributed by atoms with Gasteiger partial charge in [0.15, 0.2) is 5.69 Å². The smallest absolute Gasteiger partial charge is 0.261 e. The van der Waals surface area contributed by atoms with E-state index < -0.39 is 16.4 Å². The van der Waals surface area contributed by atoms with E-state index in [0.29, 0.717) is 0 Å². The van der Waals surface area contributed by atoms with Crippen LogP contribution < -0.4 is 0 Å². The summed E-state index contributed by atoms with van der Waals surface area (Å²) < 4.78 is 13.0. The van der Waals surface area contributed by atoms with E-state index >= 15 is 0 Å². The molecule has 2 heterocycles. The molecule has 8 heteroatoms. The maximum absolute atomic E-state index is 13.0. The third kappa shape index (κ3) is 2.18. The van der Waals surface area contributed by atoms with E-state index in [1.165, 1.54) is 6.20 Å².